The molecule has 0 saturated carbocycles. The van der Waals surface area contributed by atoms with Crippen LogP contribution < -0.4 is 4.74 Å². The molecule has 14 heavy (non-hydrogen) atoms. The first-order chi connectivity index (χ1) is 6.77. The van der Waals surface area contributed by atoms with Gasteiger partial charge in [0, 0.05) is 0 Å². The van der Waals surface area contributed by atoms with Gasteiger partial charge in [0.05, 0.1) is 0 Å². The molecule has 0 atom stereocenters. The Labute approximate surface area is 85.7 Å². The minimum absolute atomic E-state index is 0.549. The summed E-state index contributed by atoms with van der Waals surface area (Å²) in [5.41, 5.74) is 2.43. The maximum Gasteiger partial charge on any atom is 0.123 e. The lowest BCUT2D eigenvalue weighted by atomic mass is 10.1. The molecule has 0 fully saturated rings. The average molecular weight is 188 g/mol. The van der Waals surface area contributed by atoms with Gasteiger partial charge in [0.25, 0.3) is 0 Å². The molecule has 0 N–H and O–H groups in total. The monoisotopic (exact) mass is 188 g/mol. The maximum absolute atomic E-state index is 5.53. The molecule has 0 aromatic heterocycles. The van der Waals surface area contributed by atoms with Gasteiger partial charge in [-0.3, -0.25) is 0 Å². The highest BCUT2D eigenvalue weighted by Gasteiger charge is 2.01. The Balaban J connectivity index is 2.88. The second-order valence-electron chi connectivity index (χ2n) is 3.20. The molecular formula is C13H16O. The van der Waals surface area contributed by atoms with Crippen molar-refractivity contribution in [2.24, 2.45) is 0 Å². The normalized spacial score (nSPS) is 9.50. The largest absolute Gasteiger partial charge is 0.489 e. The number of benzene rings is 1. The summed E-state index contributed by atoms with van der Waals surface area (Å²) in [6.45, 7) is 9.98. The molecule has 0 aliphatic carbocycles. The van der Waals surface area contributed by atoms with E-state index in [0.717, 1.165) is 12.2 Å². The van der Waals surface area contributed by atoms with Crippen molar-refractivity contribution >= 4 is 0 Å². The van der Waals surface area contributed by atoms with E-state index in [0.29, 0.717) is 6.61 Å². The second-order valence-corrected chi connectivity index (χ2v) is 3.20. The minimum Gasteiger partial charge on any atom is -0.489 e. The van der Waals surface area contributed by atoms with Crippen LogP contribution >= 0.6 is 0 Å². The van der Waals surface area contributed by atoms with Crippen molar-refractivity contribution in [3.05, 3.63) is 54.6 Å². The summed E-state index contributed by atoms with van der Waals surface area (Å²) in [5, 5.41) is 0. The van der Waals surface area contributed by atoms with Crippen LogP contribution in [0.3, 0.4) is 0 Å². The smallest absolute Gasteiger partial charge is 0.123 e. The van der Waals surface area contributed by atoms with Crippen LogP contribution in [0.25, 0.3) is 0 Å². The van der Waals surface area contributed by atoms with Gasteiger partial charge >= 0.3 is 0 Å². The SMILES string of the molecule is C=CCOc1ccc(C)cc1CC=C. The molecular weight excluding hydrogens is 172 g/mol. The Morgan fingerprint density at radius 2 is 2.07 bits per heavy atom. The first-order valence-electron chi connectivity index (χ1n) is 4.72. The quantitative estimate of drug-likeness (QED) is 0.644. The van der Waals surface area contributed by atoms with Crippen molar-refractivity contribution in [2.45, 2.75) is 13.3 Å². The molecule has 0 unspecified atom stereocenters. The molecule has 0 bridgehead atoms. The zero-order chi connectivity index (χ0) is 10.4. The maximum atomic E-state index is 5.53. The van der Waals surface area contributed by atoms with Gasteiger partial charge in [0.1, 0.15) is 12.4 Å². The third-order valence-corrected chi connectivity index (χ3v) is 1.94. The molecule has 1 rings (SSSR count). The summed E-state index contributed by atoms with van der Waals surface area (Å²) in [4.78, 5) is 0. The summed E-state index contributed by atoms with van der Waals surface area (Å²) in [6.07, 6.45) is 4.47. The van der Waals surface area contributed by atoms with Crippen molar-refractivity contribution in [2.75, 3.05) is 6.61 Å². The van der Waals surface area contributed by atoms with E-state index in [9.17, 15) is 0 Å². The Bertz CT molecular complexity index is 326. The Morgan fingerprint density at radius 1 is 1.29 bits per heavy atom. The molecule has 74 valence electrons. The highest BCUT2D eigenvalue weighted by atomic mass is 16.5. The number of aryl methyl sites for hydroxylation is 1. The predicted molar refractivity (Wildman–Crippen MR) is 60.8 cm³/mol. The predicted octanol–water partition coefficient (Wildman–Crippen LogP) is 3.29. The van der Waals surface area contributed by atoms with Crippen molar-refractivity contribution in [1.29, 1.82) is 0 Å². The van der Waals surface area contributed by atoms with Gasteiger partial charge in [-0.25, -0.2) is 0 Å². The van der Waals surface area contributed by atoms with E-state index in [1.165, 1.54) is 11.1 Å². The highest BCUT2D eigenvalue weighted by Crippen LogP contribution is 2.20. The Morgan fingerprint density at radius 3 is 2.71 bits per heavy atom. The average Bonchev–Trinajstić information content (AvgIpc) is 2.17. The zero-order valence-electron chi connectivity index (χ0n) is 8.62. The van der Waals surface area contributed by atoms with Gasteiger partial charge in [0.15, 0.2) is 0 Å². The van der Waals surface area contributed by atoms with E-state index in [2.05, 4.69) is 26.1 Å². The first-order valence-corrected chi connectivity index (χ1v) is 4.72. The zero-order valence-corrected chi connectivity index (χ0v) is 8.62. The molecule has 0 saturated heterocycles. The summed E-state index contributed by atoms with van der Waals surface area (Å²) in [7, 11) is 0. The van der Waals surface area contributed by atoms with Gasteiger partial charge in [-0.05, 0) is 25.0 Å². The standard InChI is InChI=1S/C13H16O/c1-4-6-12-10-11(3)7-8-13(12)14-9-5-2/h4-5,7-8,10H,1-2,6,9H2,3H3. The fourth-order valence-electron chi connectivity index (χ4n) is 1.31. The molecule has 0 spiro atoms. The summed E-state index contributed by atoms with van der Waals surface area (Å²) in [6, 6.07) is 6.17. The molecule has 1 aromatic carbocycles. The molecule has 0 aliphatic heterocycles. The van der Waals surface area contributed by atoms with Crippen molar-refractivity contribution in [3.63, 3.8) is 0 Å². The molecule has 1 nitrogen and oxygen atoms in total. The lowest BCUT2D eigenvalue weighted by Crippen LogP contribution is -1.97. The summed E-state index contributed by atoms with van der Waals surface area (Å²) < 4.78 is 5.53. The lowest BCUT2D eigenvalue weighted by molar-refractivity contribution is 0.360. The Kier molecular flexibility index (Phi) is 3.99. The second kappa shape index (κ2) is 5.28. The highest BCUT2D eigenvalue weighted by molar-refractivity contribution is 5.38. The van der Waals surface area contributed by atoms with E-state index in [1.807, 2.05) is 18.2 Å². The van der Waals surface area contributed by atoms with Crippen LogP contribution in [-0.2, 0) is 6.42 Å². The lowest BCUT2D eigenvalue weighted by Gasteiger charge is -2.09. The molecule has 0 amide bonds. The van der Waals surface area contributed by atoms with Crippen molar-refractivity contribution < 1.29 is 4.74 Å². The van der Waals surface area contributed by atoms with Gasteiger partial charge in [-0.15, -0.1) is 6.58 Å². The van der Waals surface area contributed by atoms with Gasteiger partial charge in [-0.1, -0.05) is 36.4 Å². The van der Waals surface area contributed by atoms with Crippen LogP contribution in [-0.4, -0.2) is 6.61 Å². The first kappa shape index (κ1) is 10.6. The molecule has 1 heteroatoms. The van der Waals surface area contributed by atoms with Crippen LogP contribution in [0.2, 0.25) is 0 Å². The fourth-order valence-corrected chi connectivity index (χ4v) is 1.31. The van der Waals surface area contributed by atoms with Crippen LogP contribution in [0.4, 0.5) is 0 Å². The summed E-state index contributed by atoms with van der Waals surface area (Å²) in [5.74, 6) is 0.926. The van der Waals surface area contributed by atoms with Crippen molar-refractivity contribution in [3.8, 4) is 5.75 Å². The number of ether oxygens (including phenoxy) is 1. The van der Waals surface area contributed by atoms with Crippen LogP contribution in [0.5, 0.6) is 5.75 Å². The number of allylic oxidation sites excluding steroid dienone is 1. The van der Waals surface area contributed by atoms with E-state index in [-0.39, 0.29) is 0 Å². The molecule has 0 heterocycles. The number of hydrogen-bond acceptors (Lipinski definition) is 1. The van der Waals surface area contributed by atoms with Crippen LogP contribution in [0.15, 0.2) is 43.5 Å². The third kappa shape index (κ3) is 2.77. The molecule has 0 aliphatic rings. The number of rotatable bonds is 5. The van der Waals surface area contributed by atoms with Crippen LogP contribution in [0, 0.1) is 6.92 Å². The fraction of sp³-hybridized carbons (Fsp3) is 0.231. The summed E-state index contributed by atoms with van der Waals surface area (Å²) >= 11 is 0. The van der Waals surface area contributed by atoms with E-state index in [4.69, 9.17) is 4.74 Å². The van der Waals surface area contributed by atoms with E-state index >= 15 is 0 Å². The van der Waals surface area contributed by atoms with E-state index in [1.54, 1.807) is 6.08 Å². The molecule has 0 radical (unpaired) electrons. The number of hydrogen-bond donors (Lipinski definition) is 0. The van der Waals surface area contributed by atoms with Gasteiger partial charge in [0.2, 0.25) is 0 Å². The molecule has 1 aromatic rings. The van der Waals surface area contributed by atoms with Gasteiger partial charge in [-0.2, -0.15) is 0 Å². The Hall–Kier alpha value is -1.50. The minimum atomic E-state index is 0.549. The van der Waals surface area contributed by atoms with Gasteiger partial charge < -0.3 is 4.74 Å². The van der Waals surface area contributed by atoms with Crippen LogP contribution in [0.1, 0.15) is 11.1 Å². The third-order valence-electron chi connectivity index (χ3n) is 1.94. The van der Waals surface area contributed by atoms with E-state index < -0.39 is 0 Å². The van der Waals surface area contributed by atoms with Crippen molar-refractivity contribution in [1.82, 2.24) is 0 Å². The topological polar surface area (TPSA) is 9.23 Å².